The van der Waals surface area contributed by atoms with Crippen LogP contribution in [0.3, 0.4) is 0 Å². The van der Waals surface area contributed by atoms with E-state index in [1.165, 1.54) is 31.6 Å². The van der Waals surface area contributed by atoms with Gasteiger partial charge in [0.2, 0.25) is 0 Å². The van der Waals surface area contributed by atoms with Crippen LogP contribution in [0.2, 0.25) is 10.0 Å². The van der Waals surface area contributed by atoms with Crippen molar-refractivity contribution in [2.45, 2.75) is 24.1 Å². The van der Waals surface area contributed by atoms with Gasteiger partial charge in [-0.25, -0.2) is 12.7 Å². The number of ether oxygens (including phenoxy) is 1. The summed E-state index contributed by atoms with van der Waals surface area (Å²) in [6, 6.07) is 6.53. The van der Waals surface area contributed by atoms with E-state index in [0.717, 1.165) is 12.1 Å². The minimum absolute atomic E-state index is 0.0280. The average Bonchev–Trinajstić information content (AvgIpc) is 2.76. The summed E-state index contributed by atoms with van der Waals surface area (Å²) in [4.78, 5) is 7.46. The predicted octanol–water partition coefficient (Wildman–Crippen LogP) is 4.99. The summed E-state index contributed by atoms with van der Waals surface area (Å²) in [6.07, 6.45) is -3.62. The first-order valence-corrected chi connectivity index (χ1v) is 11.7. The molecule has 13 heteroatoms. The Bertz CT molecular complexity index is 1310. The Kier molecular flexibility index (Phi) is 7.73. The number of nitrogens with zero attached hydrogens (tertiary/aromatic N) is 3. The van der Waals surface area contributed by atoms with Crippen LogP contribution in [0.1, 0.15) is 28.6 Å². The van der Waals surface area contributed by atoms with E-state index in [4.69, 9.17) is 27.9 Å². The Hall–Kier alpha value is -2.44. The van der Waals surface area contributed by atoms with E-state index in [1.54, 1.807) is 13.0 Å². The highest BCUT2D eigenvalue weighted by Gasteiger charge is 2.36. The van der Waals surface area contributed by atoms with Crippen molar-refractivity contribution in [2.75, 3.05) is 18.1 Å². The zero-order valence-electron chi connectivity index (χ0n) is 17.7. The second-order valence-electron chi connectivity index (χ2n) is 7.10. The Labute approximate surface area is 203 Å². The van der Waals surface area contributed by atoms with E-state index >= 15 is 0 Å². The molecule has 0 aliphatic rings. The minimum Gasteiger partial charge on any atom is -0.382 e. The topological polar surface area (TPSA) is 92.6 Å². The number of rotatable bonds is 7. The maximum Gasteiger partial charge on any atom is 0.417 e. The van der Waals surface area contributed by atoms with Gasteiger partial charge >= 0.3 is 6.18 Å². The zero-order chi connectivity index (χ0) is 25.3. The molecule has 34 heavy (non-hydrogen) atoms. The molecule has 0 bridgehead atoms. The lowest BCUT2D eigenvalue weighted by molar-refractivity contribution is -0.137. The SMILES string of the molecule is COCN(c1cc(Cl)cnc1C(O)c1ccnc(C)c1)S(=O)(=O)c1ccc(Cl)c(C(F)(F)F)c1. The lowest BCUT2D eigenvalue weighted by Crippen LogP contribution is -2.34. The van der Waals surface area contributed by atoms with Gasteiger partial charge in [-0.3, -0.25) is 9.97 Å². The van der Waals surface area contributed by atoms with Gasteiger partial charge in [0.15, 0.2) is 0 Å². The van der Waals surface area contributed by atoms with Gasteiger partial charge in [-0.05, 0) is 48.9 Å². The molecule has 3 rings (SSSR count). The van der Waals surface area contributed by atoms with Crippen LogP contribution in [-0.2, 0) is 20.9 Å². The van der Waals surface area contributed by atoms with Crippen molar-refractivity contribution in [3.8, 4) is 0 Å². The fourth-order valence-corrected chi connectivity index (χ4v) is 4.93. The van der Waals surface area contributed by atoms with Crippen LogP contribution in [0.5, 0.6) is 0 Å². The predicted molar refractivity (Wildman–Crippen MR) is 120 cm³/mol. The summed E-state index contributed by atoms with van der Waals surface area (Å²) in [5.74, 6) is 0. The third-order valence-electron chi connectivity index (χ3n) is 4.71. The van der Waals surface area contributed by atoms with Crippen LogP contribution in [0, 0.1) is 6.92 Å². The van der Waals surface area contributed by atoms with Crippen LogP contribution < -0.4 is 4.31 Å². The quantitative estimate of drug-likeness (QED) is 0.428. The Morgan fingerprint density at radius 1 is 1.15 bits per heavy atom. The second kappa shape index (κ2) is 10.0. The van der Waals surface area contributed by atoms with Crippen LogP contribution >= 0.6 is 23.2 Å². The fraction of sp³-hybridized carbons (Fsp3) is 0.238. The Balaban J connectivity index is 2.19. The molecule has 7 nitrogen and oxygen atoms in total. The molecule has 0 fully saturated rings. The van der Waals surface area contributed by atoms with Gasteiger partial charge in [-0.2, -0.15) is 13.2 Å². The summed E-state index contributed by atoms with van der Waals surface area (Å²) < 4.78 is 72.7. The Morgan fingerprint density at radius 2 is 1.85 bits per heavy atom. The zero-order valence-corrected chi connectivity index (χ0v) is 20.0. The molecule has 0 radical (unpaired) electrons. The molecule has 1 unspecified atom stereocenters. The lowest BCUT2D eigenvalue weighted by atomic mass is 10.1. The van der Waals surface area contributed by atoms with Gasteiger partial charge in [0.05, 0.1) is 31.9 Å². The number of benzene rings is 1. The van der Waals surface area contributed by atoms with Gasteiger partial charge in [-0.1, -0.05) is 23.2 Å². The number of pyridine rings is 2. The smallest absolute Gasteiger partial charge is 0.382 e. The molecule has 2 heterocycles. The minimum atomic E-state index is -4.88. The normalized spacial score (nSPS) is 13.1. The maximum absolute atomic E-state index is 13.5. The first-order chi connectivity index (χ1) is 15.9. The molecule has 0 amide bonds. The summed E-state index contributed by atoms with van der Waals surface area (Å²) in [5.41, 5.74) is -0.650. The van der Waals surface area contributed by atoms with Gasteiger partial charge in [-0.15, -0.1) is 0 Å². The molecule has 0 saturated heterocycles. The summed E-state index contributed by atoms with van der Waals surface area (Å²) >= 11 is 11.7. The molecule has 182 valence electrons. The summed E-state index contributed by atoms with van der Waals surface area (Å²) in [7, 11) is -3.45. The number of anilines is 1. The molecular formula is C21H18Cl2F3N3O4S. The van der Waals surface area contributed by atoms with E-state index < -0.39 is 44.5 Å². The molecule has 0 aliphatic carbocycles. The van der Waals surface area contributed by atoms with Crippen LogP contribution in [0.25, 0.3) is 0 Å². The number of hydrogen-bond acceptors (Lipinski definition) is 6. The third kappa shape index (κ3) is 5.44. The van der Waals surface area contributed by atoms with Crippen molar-refractivity contribution in [3.05, 3.63) is 81.4 Å². The number of sulfonamides is 1. The van der Waals surface area contributed by atoms with Crippen LogP contribution in [0.15, 0.2) is 53.7 Å². The number of aryl methyl sites for hydroxylation is 1. The van der Waals surface area contributed by atoms with E-state index in [0.29, 0.717) is 21.6 Å². The van der Waals surface area contributed by atoms with Crippen molar-refractivity contribution < 1.29 is 31.4 Å². The number of alkyl halides is 3. The van der Waals surface area contributed by atoms with Crippen LogP contribution in [0.4, 0.5) is 18.9 Å². The Morgan fingerprint density at radius 3 is 2.47 bits per heavy atom. The van der Waals surface area contributed by atoms with E-state index in [9.17, 15) is 26.7 Å². The van der Waals surface area contributed by atoms with Crippen molar-refractivity contribution in [3.63, 3.8) is 0 Å². The number of halogens is 5. The van der Waals surface area contributed by atoms with Crippen molar-refractivity contribution >= 4 is 38.9 Å². The lowest BCUT2D eigenvalue weighted by Gasteiger charge is -2.27. The molecule has 1 atom stereocenters. The monoisotopic (exact) mass is 535 g/mol. The van der Waals surface area contributed by atoms with E-state index in [2.05, 4.69) is 9.97 Å². The van der Waals surface area contributed by atoms with E-state index in [-0.39, 0.29) is 16.4 Å². The number of methoxy groups -OCH3 is 1. The first-order valence-electron chi connectivity index (χ1n) is 9.50. The molecular weight excluding hydrogens is 518 g/mol. The maximum atomic E-state index is 13.5. The third-order valence-corrected chi connectivity index (χ3v) is 6.97. The second-order valence-corrected chi connectivity index (χ2v) is 9.81. The van der Waals surface area contributed by atoms with Gasteiger partial charge in [0.1, 0.15) is 12.8 Å². The highest BCUT2D eigenvalue weighted by molar-refractivity contribution is 7.92. The van der Waals surface area contributed by atoms with Crippen molar-refractivity contribution in [1.82, 2.24) is 9.97 Å². The van der Waals surface area contributed by atoms with E-state index in [1.807, 2.05) is 0 Å². The van der Waals surface area contributed by atoms with Crippen LogP contribution in [-0.4, -0.2) is 37.3 Å². The van der Waals surface area contributed by atoms with Crippen molar-refractivity contribution in [2.24, 2.45) is 0 Å². The molecule has 0 aliphatic heterocycles. The molecule has 0 spiro atoms. The summed E-state index contributed by atoms with van der Waals surface area (Å²) in [6.45, 7) is 1.09. The highest BCUT2D eigenvalue weighted by Crippen LogP contribution is 2.38. The number of aliphatic hydroxyl groups is 1. The molecule has 0 saturated carbocycles. The highest BCUT2D eigenvalue weighted by atomic mass is 35.5. The standard InChI is InChI=1S/C21H18Cl2F3N3O4S/c1-12-7-13(5-6-27-12)20(30)19-18(8-14(22)10-28-19)29(11-33-2)34(31,32)15-3-4-17(23)16(9-15)21(24,25)26/h3-10,20,30H,11H2,1-2H3. The average molecular weight is 536 g/mol. The molecule has 2 aromatic heterocycles. The largest absolute Gasteiger partial charge is 0.417 e. The molecule has 3 aromatic rings. The van der Waals surface area contributed by atoms with Gasteiger partial charge < -0.3 is 9.84 Å². The molecule has 1 aromatic carbocycles. The van der Waals surface area contributed by atoms with Gasteiger partial charge in [0.25, 0.3) is 10.0 Å². The van der Waals surface area contributed by atoms with Crippen molar-refractivity contribution in [1.29, 1.82) is 0 Å². The fourth-order valence-electron chi connectivity index (χ4n) is 3.14. The van der Waals surface area contributed by atoms with Gasteiger partial charge in [0, 0.05) is 25.2 Å². The first kappa shape index (κ1) is 26.2. The number of hydrogen-bond donors (Lipinski definition) is 1. The summed E-state index contributed by atoms with van der Waals surface area (Å²) in [5, 5.41) is 10.3. The number of aliphatic hydroxyl groups excluding tert-OH is 1. The molecule has 1 N–H and O–H groups in total. The number of aromatic nitrogens is 2.